The van der Waals surface area contributed by atoms with Crippen LogP contribution in [-0.4, -0.2) is 27.6 Å². The summed E-state index contributed by atoms with van der Waals surface area (Å²) in [5.74, 6) is 0.283. The van der Waals surface area contributed by atoms with Gasteiger partial charge in [-0.3, -0.25) is 9.69 Å². The van der Waals surface area contributed by atoms with Crippen molar-refractivity contribution in [2.24, 2.45) is 0 Å². The molecule has 1 unspecified atom stereocenters. The Morgan fingerprint density at radius 3 is 2.51 bits per heavy atom. The van der Waals surface area contributed by atoms with E-state index in [9.17, 15) is 10.1 Å². The van der Waals surface area contributed by atoms with E-state index in [1.54, 1.807) is 23.2 Å². The first kappa shape index (κ1) is 24.3. The molecule has 0 fully saturated rings. The minimum absolute atomic E-state index is 0.0184. The zero-order valence-corrected chi connectivity index (χ0v) is 21.6. The molecule has 0 saturated carbocycles. The summed E-state index contributed by atoms with van der Waals surface area (Å²) in [6.07, 6.45) is 1.62. The third-order valence-corrected chi connectivity index (χ3v) is 6.82. The van der Waals surface area contributed by atoms with Crippen molar-refractivity contribution in [1.29, 1.82) is 5.26 Å². The van der Waals surface area contributed by atoms with Gasteiger partial charge in [-0.2, -0.15) is 10.2 Å². The third kappa shape index (κ3) is 3.98. The van der Waals surface area contributed by atoms with Crippen molar-refractivity contribution in [1.82, 2.24) is 14.5 Å². The predicted octanol–water partition coefficient (Wildman–Crippen LogP) is 5.70. The highest BCUT2D eigenvalue weighted by Crippen LogP contribution is 2.47. The number of hydrogen-bond acceptors (Lipinski definition) is 6. The minimum Gasteiger partial charge on any atom is -0.480 e. The molecule has 1 amide bonds. The van der Waals surface area contributed by atoms with Crippen molar-refractivity contribution in [3.05, 3.63) is 87.7 Å². The van der Waals surface area contributed by atoms with Gasteiger partial charge < -0.3 is 15.0 Å². The molecule has 2 aromatic heterocycles. The maximum atomic E-state index is 14.1. The number of nitrogen functional groups attached to an aromatic ring is 1. The van der Waals surface area contributed by atoms with Gasteiger partial charge in [0, 0.05) is 22.9 Å². The maximum Gasteiger partial charge on any atom is 0.261 e. The molecule has 0 saturated heterocycles. The normalized spacial score (nSPS) is 14.7. The number of fused-ring (bicyclic) bond motifs is 1. The van der Waals surface area contributed by atoms with Gasteiger partial charge in [0.2, 0.25) is 11.8 Å². The van der Waals surface area contributed by atoms with E-state index in [2.05, 4.69) is 34.5 Å². The summed E-state index contributed by atoms with van der Waals surface area (Å²) in [5.41, 5.74) is 11.7. The van der Waals surface area contributed by atoms with Gasteiger partial charge in [-0.05, 0) is 62.2 Å². The first-order valence-corrected chi connectivity index (χ1v) is 12.1. The number of benzene rings is 2. The molecule has 4 aromatic rings. The summed E-state index contributed by atoms with van der Waals surface area (Å²) in [7, 11) is 1.52. The van der Waals surface area contributed by atoms with Gasteiger partial charge in [-0.15, -0.1) is 0 Å². The lowest BCUT2D eigenvalue weighted by Gasteiger charge is -2.30. The third-order valence-electron chi connectivity index (χ3n) is 6.59. The molecule has 5 rings (SSSR count). The fourth-order valence-corrected chi connectivity index (χ4v) is 5.14. The van der Waals surface area contributed by atoms with Crippen molar-refractivity contribution in [2.75, 3.05) is 17.7 Å². The van der Waals surface area contributed by atoms with E-state index in [-0.39, 0.29) is 17.9 Å². The molecule has 0 aliphatic carbocycles. The van der Waals surface area contributed by atoms with Gasteiger partial charge in [0.05, 0.1) is 41.3 Å². The highest BCUT2D eigenvalue weighted by atomic mass is 35.5. The number of anilines is 2. The number of rotatable bonds is 5. The molecule has 2 aromatic carbocycles. The first-order chi connectivity index (χ1) is 17.7. The van der Waals surface area contributed by atoms with Crippen LogP contribution in [0.4, 0.5) is 11.6 Å². The van der Waals surface area contributed by atoms with E-state index < -0.39 is 6.04 Å². The Labute approximate surface area is 219 Å². The fraction of sp³-hybridized carbons (Fsp3) is 0.214. The summed E-state index contributed by atoms with van der Waals surface area (Å²) in [4.78, 5) is 24.3. The molecule has 37 heavy (non-hydrogen) atoms. The van der Waals surface area contributed by atoms with E-state index in [1.807, 2.05) is 43.3 Å². The molecule has 186 valence electrons. The Morgan fingerprint density at radius 2 is 1.86 bits per heavy atom. The molecular weight excluding hydrogens is 488 g/mol. The van der Waals surface area contributed by atoms with Gasteiger partial charge in [-0.1, -0.05) is 29.8 Å². The molecule has 2 N–H and O–H groups in total. The Bertz CT molecular complexity index is 1570. The van der Waals surface area contributed by atoms with Crippen LogP contribution < -0.4 is 15.4 Å². The van der Waals surface area contributed by atoms with Crippen LogP contribution in [0.5, 0.6) is 5.88 Å². The number of halogens is 1. The number of ether oxygens (including phenoxy) is 1. The molecule has 3 heterocycles. The van der Waals surface area contributed by atoms with Crippen molar-refractivity contribution in [3.63, 3.8) is 0 Å². The quantitative estimate of drug-likeness (QED) is 0.367. The van der Waals surface area contributed by atoms with Crippen LogP contribution in [0.2, 0.25) is 5.02 Å². The second-order valence-electron chi connectivity index (χ2n) is 9.19. The number of carbonyl (C=O) groups excluding carboxylic acids is 1. The molecule has 1 aliphatic heterocycles. The minimum atomic E-state index is -0.454. The van der Waals surface area contributed by atoms with Crippen LogP contribution in [0.15, 0.2) is 54.7 Å². The number of aryl methyl sites for hydroxylation is 1. The van der Waals surface area contributed by atoms with Crippen molar-refractivity contribution in [3.8, 4) is 23.2 Å². The second-order valence-corrected chi connectivity index (χ2v) is 9.62. The van der Waals surface area contributed by atoms with Crippen LogP contribution in [0.3, 0.4) is 0 Å². The molecule has 8 nitrogen and oxygen atoms in total. The molecule has 9 heteroatoms. The van der Waals surface area contributed by atoms with Gasteiger partial charge in [0.15, 0.2) is 0 Å². The molecule has 0 spiro atoms. The zero-order chi connectivity index (χ0) is 26.4. The standard InChI is InChI=1S/C28H25ClN6O2/c1-15(2)34-23(21-14-32-28(31)33-26(21)37-4)12-20-25(34)24(18-8-6-17(13-30)7-9-18)35(27(20)36)22-11-19(29)10-5-16(22)3/h5-12,14-15,24H,1-4H3,(H2,31,32,33). The van der Waals surface area contributed by atoms with E-state index in [0.29, 0.717) is 27.6 Å². The highest BCUT2D eigenvalue weighted by Gasteiger charge is 2.44. The average molecular weight is 513 g/mol. The second kappa shape index (κ2) is 9.26. The number of methoxy groups -OCH3 is 1. The summed E-state index contributed by atoms with van der Waals surface area (Å²) in [6, 6.07) is 16.4. The molecule has 0 radical (unpaired) electrons. The fourth-order valence-electron chi connectivity index (χ4n) is 4.97. The van der Waals surface area contributed by atoms with Gasteiger partial charge in [0.25, 0.3) is 5.91 Å². The molecule has 0 bridgehead atoms. The number of carbonyl (C=O) groups is 1. The summed E-state index contributed by atoms with van der Waals surface area (Å²) in [5, 5.41) is 9.88. The van der Waals surface area contributed by atoms with E-state index >= 15 is 0 Å². The largest absolute Gasteiger partial charge is 0.480 e. The monoisotopic (exact) mass is 512 g/mol. The first-order valence-electron chi connectivity index (χ1n) is 11.8. The van der Waals surface area contributed by atoms with E-state index in [0.717, 1.165) is 28.2 Å². The summed E-state index contributed by atoms with van der Waals surface area (Å²) >= 11 is 6.38. The smallest absolute Gasteiger partial charge is 0.261 e. The van der Waals surface area contributed by atoms with E-state index in [1.165, 1.54) is 7.11 Å². The lowest BCUT2D eigenvalue weighted by molar-refractivity contribution is 0.0993. The molecule has 1 aliphatic rings. The van der Waals surface area contributed by atoms with Crippen LogP contribution in [0, 0.1) is 18.3 Å². The van der Waals surface area contributed by atoms with Crippen LogP contribution in [0.1, 0.15) is 58.7 Å². The van der Waals surface area contributed by atoms with Crippen molar-refractivity contribution in [2.45, 2.75) is 32.9 Å². The summed E-state index contributed by atoms with van der Waals surface area (Å²) < 4.78 is 7.63. The van der Waals surface area contributed by atoms with Crippen LogP contribution in [0.25, 0.3) is 11.3 Å². The van der Waals surface area contributed by atoms with Crippen LogP contribution in [-0.2, 0) is 0 Å². The van der Waals surface area contributed by atoms with Gasteiger partial charge in [-0.25, -0.2) is 4.98 Å². The number of nitrogens with zero attached hydrogens (tertiary/aromatic N) is 5. The lowest BCUT2D eigenvalue weighted by Crippen LogP contribution is -2.30. The number of aromatic nitrogens is 3. The number of amides is 1. The van der Waals surface area contributed by atoms with Crippen molar-refractivity contribution >= 4 is 29.1 Å². The number of nitriles is 1. The van der Waals surface area contributed by atoms with Gasteiger partial charge in [0.1, 0.15) is 6.04 Å². The number of nitrogens with two attached hydrogens (primary N) is 1. The molecular formula is C28H25ClN6O2. The predicted molar refractivity (Wildman–Crippen MR) is 143 cm³/mol. The Morgan fingerprint density at radius 1 is 1.14 bits per heavy atom. The Balaban J connectivity index is 1.80. The summed E-state index contributed by atoms with van der Waals surface area (Å²) in [6.45, 7) is 6.07. The van der Waals surface area contributed by atoms with Crippen LogP contribution >= 0.6 is 11.6 Å². The maximum absolute atomic E-state index is 14.1. The van der Waals surface area contributed by atoms with E-state index in [4.69, 9.17) is 22.1 Å². The van der Waals surface area contributed by atoms with Crippen molar-refractivity contribution < 1.29 is 9.53 Å². The number of hydrogen-bond donors (Lipinski definition) is 1. The lowest BCUT2D eigenvalue weighted by atomic mass is 10.0. The Hall–Kier alpha value is -4.35. The zero-order valence-electron chi connectivity index (χ0n) is 20.9. The highest BCUT2D eigenvalue weighted by molar-refractivity contribution is 6.31. The topological polar surface area (TPSA) is 110 Å². The Kier molecular flexibility index (Phi) is 6.10. The molecule has 1 atom stereocenters. The van der Waals surface area contributed by atoms with Gasteiger partial charge >= 0.3 is 0 Å². The average Bonchev–Trinajstić information content (AvgIpc) is 3.40. The SMILES string of the molecule is COc1nc(N)ncc1-c1cc2c(n1C(C)C)C(c1ccc(C#N)cc1)N(c1cc(Cl)ccc1C)C2=O.